The molecule has 1 fully saturated rings. The number of carbonyl (C=O) groups excluding carboxylic acids is 1. The van der Waals surface area contributed by atoms with Crippen molar-refractivity contribution in [2.75, 3.05) is 32.8 Å². The largest absolute Gasteiger partial charge is 0.379 e. The lowest BCUT2D eigenvalue weighted by Gasteiger charge is -2.35. The number of nitrogens with zero attached hydrogens (tertiary/aromatic N) is 3. The summed E-state index contributed by atoms with van der Waals surface area (Å²) in [7, 11) is 0. The predicted octanol–water partition coefficient (Wildman–Crippen LogP) is 2.84. The molecule has 1 aromatic heterocycles. The summed E-state index contributed by atoms with van der Waals surface area (Å²) in [4.78, 5) is 15.5. The molecule has 2 heterocycles. The minimum atomic E-state index is -0.0418. The molecule has 1 aliphatic heterocycles. The molecule has 2 aromatic rings. The molecule has 1 N–H and O–H groups in total. The van der Waals surface area contributed by atoms with Crippen LogP contribution < -0.4 is 5.32 Å². The lowest BCUT2D eigenvalue weighted by Crippen LogP contribution is -2.49. The van der Waals surface area contributed by atoms with Crippen molar-refractivity contribution in [3.05, 3.63) is 47.3 Å². The first kappa shape index (κ1) is 20.1. The average molecular weight is 397 g/mol. The second kappa shape index (κ2) is 9.09. The maximum atomic E-state index is 13.1. The Hall–Kier alpha value is -2.18. The lowest BCUT2D eigenvalue weighted by molar-refractivity contribution is 0.0124. The number of amides is 1. The van der Waals surface area contributed by atoms with Gasteiger partial charge in [-0.2, -0.15) is 5.10 Å². The van der Waals surface area contributed by atoms with Crippen LogP contribution in [0.5, 0.6) is 0 Å². The zero-order chi connectivity index (χ0) is 20.2. The Balaban J connectivity index is 1.49. The molecule has 4 rings (SSSR count). The molecule has 1 aliphatic carbocycles. The molecule has 6 heteroatoms. The number of ether oxygens (including phenoxy) is 1. The SMILES string of the molecule is CC(C)C[C@H](CNC(=O)c1nn(-c2ccccc2)c2c1CCC2)N1CCOCC1. The quantitative estimate of drug-likeness (QED) is 0.782. The van der Waals surface area contributed by atoms with Gasteiger partial charge in [-0.25, -0.2) is 4.68 Å². The average Bonchev–Trinajstić information content (AvgIpc) is 3.35. The maximum absolute atomic E-state index is 13.1. The standard InChI is InChI=1S/C23H32N4O2/c1-17(2)15-19(26-11-13-29-14-12-26)16-24-23(28)22-20-9-6-10-21(20)27(25-22)18-7-4-3-5-8-18/h3-5,7-8,17,19H,6,9-16H2,1-2H3,(H,24,28)/t19-/m1/s1. The molecule has 1 amide bonds. The van der Waals surface area contributed by atoms with E-state index in [-0.39, 0.29) is 5.91 Å². The van der Waals surface area contributed by atoms with Gasteiger partial charge in [0, 0.05) is 36.9 Å². The fourth-order valence-electron chi connectivity index (χ4n) is 4.55. The van der Waals surface area contributed by atoms with E-state index in [1.807, 2.05) is 35.0 Å². The summed E-state index contributed by atoms with van der Waals surface area (Å²) in [5.74, 6) is 0.543. The summed E-state index contributed by atoms with van der Waals surface area (Å²) in [6.07, 6.45) is 4.07. The number of benzene rings is 1. The second-order valence-corrected chi connectivity index (χ2v) is 8.52. The summed E-state index contributed by atoms with van der Waals surface area (Å²) in [6, 6.07) is 10.5. The van der Waals surface area contributed by atoms with E-state index in [0.717, 1.165) is 63.2 Å². The summed E-state index contributed by atoms with van der Waals surface area (Å²) >= 11 is 0. The summed E-state index contributed by atoms with van der Waals surface area (Å²) in [6.45, 7) is 8.56. The van der Waals surface area contributed by atoms with Crippen molar-refractivity contribution in [3.63, 3.8) is 0 Å². The zero-order valence-corrected chi connectivity index (χ0v) is 17.6. The van der Waals surface area contributed by atoms with E-state index in [1.165, 1.54) is 5.69 Å². The fraction of sp³-hybridized carbons (Fsp3) is 0.565. The smallest absolute Gasteiger partial charge is 0.272 e. The molecule has 0 spiro atoms. The highest BCUT2D eigenvalue weighted by Crippen LogP contribution is 2.27. The van der Waals surface area contributed by atoms with Crippen molar-refractivity contribution in [1.29, 1.82) is 0 Å². The van der Waals surface area contributed by atoms with Crippen molar-refractivity contribution >= 4 is 5.91 Å². The van der Waals surface area contributed by atoms with Crippen LogP contribution in [0.4, 0.5) is 0 Å². The number of para-hydroxylation sites is 1. The van der Waals surface area contributed by atoms with Crippen LogP contribution in [0.1, 0.15) is 48.4 Å². The van der Waals surface area contributed by atoms with Gasteiger partial charge < -0.3 is 10.1 Å². The Labute approximate surface area is 173 Å². The molecule has 1 aromatic carbocycles. The van der Waals surface area contributed by atoms with Gasteiger partial charge in [0.1, 0.15) is 0 Å². The van der Waals surface area contributed by atoms with Gasteiger partial charge in [-0.1, -0.05) is 32.0 Å². The first-order valence-electron chi connectivity index (χ1n) is 10.9. The number of rotatable bonds is 7. The van der Waals surface area contributed by atoms with Crippen molar-refractivity contribution in [1.82, 2.24) is 20.0 Å². The van der Waals surface area contributed by atoms with Crippen molar-refractivity contribution < 1.29 is 9.53 Å². The van der Waals surface area contributed by atoms with Gasteiger partial charge in [0.25, 0.3) is 5.91 Å². The Morgan fingerprint density at radius 2 is 1.93 bits per heavy atom. The Kier molecular flexibility index (Phi) is 6.31. The van der Waals surface area contributed by atoms with Crippen molar-refractivity contribution in [2.45, 2.75) is 45.6 Å². The first-order valence-corrected chi connectivity index (χ1v) is 10.9. The first-order chi connectivity index (χ1) is 14.1. The van der Waals surface area contributed by atoms with Crippen LogP contribution in [-0.4, -0.2) is 59.5 Å². The van der Waals surface area contributed by atoms with E-state index in [4.69, 9.17) is 9.84 Å². The monoisotopic (exact) mass is 396 g/mol. The van der Waals surface area contributed by atoms with Crippen LogP contribution in [0.2, 0.25) is 0 Å². The van der Waals surface area contributed by atoms with Crippen LogP contribution in [0.3, 0.4) is 0 Å². The third kappa shape index (κ3) is 4.54. The molecule has 1 saturated heterocycles. The number of hydrogen-bond acceptors (Lipinski definition) is 4. The Bertz CT molecular complexity index is 825. The van der Waals surface area contributed by atoms with E-state index in [9.17, 15) is 4.79 Å². The minimum Gasteiger partial charge on any atom is -0.379 e. The molecular formula is C23H32N4O2. The molecule has 2 aliphatic rings. The van der Waals surface area contributed by atoms with Crippen molar-refractivity contribution in [3.8, 4) is 5.69 Å². The molecule has 0 bridgehead atoms. The molecule has 6 nitrogen and oxygen atoms in total. The van der Waals surface area contributed by atoms with E-state index in [0.29, 0.717) is 24.2 Å². The number of morpholine rings is 1. The number of carbonyl (C=O) groups is 1. The molecule has 0 radical (unpaired) electrons. The predicted molar refractivity (Wildman–Crippen MR) is 114 cm³/mol. The highest BCUT2D eigenvalue weighted by molar-refractivity contribution is 5.94. The summed E-state index contributed by atoms with van der Waals surface area (Å²) in [5, 5.41) is 7.92. The zero-order valence-electron chi connectivity index (χ0n) is 17.6. The molecule has 29 heavy (non-hydrogen) atoms. The highest BCUT2D eigenvalue weighted by Gasteiger charge is 2.28. The number of fused-ring (bicyclic) bond motifs is 1. The van der Waals surface area contributed by atoms with Gasteiger partial charge in [0.05, 0.1) is 18.9 Å². The van der Waals surface area contributed by atoms with Crippen molar-refractivity contribution in [2.24, 2.45) is 5.92 Å². The van der Waals surface area contributed by atoms with Crippen LogP contribution in [-0.2, 0) is 17.6 Å². The third-order valence-electron chi connectivity index (χ3n) is 5.95. The van der Waals surface area contributed by atoms with Gasteiger partial charge in [0.15, 0.2) is 5.69 Å². The van der Waals surface area contributed by atoms with Crippen LogP contribution in [0, 0.1) is 5.92 Å². The Morgan fingerprint density at radius 1 is 1.17 bits per heavy atom. The lowest BCUT2D eigenvalue weighted by atomic mass is 10.0. The van der Waals surface area contributed by atoms with Gasteiger partial charge in [-0.15, -0.1) is 0 Å². The van der Waals surface area contributed by atoms with Gasteiger partial charge in [0.2, 0.25) is 0 Å². The molecule has 0 saturated carbocycles. The molecule has 0 unspecified atom stereocenters. The fourth-order valence-corrected chi connectivity index (χ4v) is 4.55. The minimum absolute atomic E-state index is 0.0418. The summed E-state index contributed by atoms with van der Waals surface area (Å²) < 4.78 is 7.47. The van der Waals surface area contributed by atoms with Gasteiger partial charge >= 0.3 is 0 Å². The summed E-state index contributed by atoms with van der Waals surface area (Å²) in [5.41, 5.74) is 3.94. The van der Waals surface area contributed by atoms with Gasteiger partial charge in [-0.05, 0) is 43.7 Å². The normalized spacial score (nSPS) is 18.0. The maximum Gasteiger partial charge on any atom is 0.272 e. The number of aromatic nitrogens is 2. The van der Waals surface area contributed by atoms with E-state index >= 15 is 0 Å². The highest BCUT2D eigenvalue weighted by atomic mass is 16.5. The Morgan fingerprint density at radius 3 is 2.66 bits per heavy atom. The van der Waals surface area contributed by atoms with Crippen LogP contribution in [0.25, 0.3) is 5.69 Å². The van der Waals surface area contributed by atoms with Gasteiger partial charge in [-0.3, -0.25) is 9.69 Å². The second-order valence-electron chi connectivity index (χ2n) is 8.52. The van der Waals surface area contributed by atoms with E-state index < -0.39 is 0 Å². The molecule has 1 atom stereocenters. The van der Waals surface area contributed by atoms with Crippen LogP contribution >= 0.6 is 0 Å². The number of nitrogens with one attached hydrogen (secondary N) is 1. The third-order valence-corrected chi connectivity index (χ3v) is 5.95. The number of hydrogen-bond donors (Lipinski definition) is 1. The molecular weight excluding hydrogens is 364 g/mol. The van der Waals surface area contributed by atoms with Crippen LogP contribution in [0.15, 0.2) is 30.3 Å². The molecule has 156 valence electrons. The topological polar surface area (TPSA) is 59.4 Å². The van der Waals surface area contributed by atoms with E-state index in [1.54, 1.807) is 0 Å². The van der Waals surface area contributed by atoms with E-state index in [2.05, 4.69) is 24.1 Å².